The van der Waals surface area contributed by atoms with Gasteiger partial charge in [-0.05, 0) is 54.9 Å². The molecule has 0 radical (unpaired) electrons. The maximum absolute atomic E-state index is 4.31. The third kappa shape index (κ3) is 6.15. The zero-order valence-electron chi connectivity index (χ0n) is 15.7. The Morgan fingerprint density at radius 3 is 2.50 bits per heavy atom. The molecule has 1 fully saturated rings. The molecule has 0 aliphatic carbocycles. The summed E-state index contributed by atoms with van der Waals surface area (Å²) in [6.45, 7) is 5.27. The average molecular weight is 371 g/mol. The molecule has 2 heterocycles. The number of hydrogen-bond donors (Lipinski definition) is 2. The number of piperidine rings is 1. The SMILES string of the molecule is CN=C(NCCc1cccs1)NCc1ccc(CN2CCCCC2)cc1. The minimum absolute atomic E-state index is 0.794. The van der Waals surface area contributed by atoms with Gasteiger partial charge in [-0.3, -0.25) is 9.89 Å². The highest BCUT2D eigenvalue weighted by atomic mass is 32.1. The van der Waals surface area contributed by atoms with Crippen LogP contribution < -0.4 is 10.6 Å². The van der Waals surface area contributed by atoms with Gasteiger partial charge in [0.1, 0.15) is 0 Å². The second-order valence-electron chi connectivity index (χ2n) is 6.84. The van der Waals surface area contributed by atoms with Crippen LogP contribution in [0.25, 0.3) is 0 Å². The molecule has 4 nitrogen and oxygen atoms in total. The van der Waals surface area contributed by atoms with Crippen LogP contribution in [-0.2, 0) is 19.5 Å². The van der Waals surface area contributed by atoms with Gasteiger partial charge < -0.3 is 10.6 Å². The second-order valence-corrected chi connectivity index (χ2v) is 7.87. The number of nitrogens with one attached hydrogen (secondary N) is 2. The van der Waals surface area contributed by atoms with Crippen LogP contribution in [0.2, 0.25) is 0 Å². The van der Waals surface area contributed by atoms with Crippen molar-refractivity contribution >= 4 is 17.3 Å². The molecular formula is C21H30N4S. The van der Waals surface area contributed by atoms with Crippen LogP contribution in [0, 0.1) is 0 Å². The van der Waals surface area contributed by atoms with Gasteiger partial charge in [0, 0.05) is 31.6 Å². The number of guanidine groups is 1. The van der Waals surface area contributed by atoms with E-state index in [1.807, 2.05) is 7.05 Å². The fourth-order valence-corrected chi connectivity index (χ4v) is 4.01. The highest BCUT2D eigenvalue weighted by molar-refractivity contribution is 7.09. The van der Waals surface area contributed by atoms with Crippen molar-refractivity contribution in [2.75, 3.05) is 26.7 Å². The van der Waals surface area contributed by atoms with Crippen molar-refractivity contribution in [3.8, 4) is 0 Å². The summed E-state index contributed by atoms with van der Waals surface area (Å²) < 4.78 is 0. The summed E-state index contributed by atoms with van der Waals surface area (Å²) in [5, 5.41) is 8.90. The third-order valence-corrected chi connectivity index (χ3v) is 5.74. The number of nitrogens with zero attached hydrogens (tertiary/aromatic N) is 2. The molecule has 1 aromatic heterocycles. The predicted molar refractivity (Wildman–Crippen MR) is 112 cm³/mol. The minimum atomic E-state index is 0.794. The predicted octanol–water partition coefficient (Wildman–Crippen LogP) is 3.64. The van der Waals surface area contributed by atoms with Gasteiger partial charge in [0.2, 0.25) is 0 Å². The molecule has 0 saturated carbocycles. The molecule has 0 spiro atoms. The standard InChI is InChI=1S/C21H30N4S/c1-22-21(23-12-11-20-6-5-15-26-20)24-16-18-7-9-19(10-8-18)17-25-13-3-2-4-14-25/h5-10,15H,2-4,11-14,16-17H2,1H3,(H2,22,23,24). The van der Waals surface area contributed by atoms with E-state index in [9.17, 15) is 0 Å². The van der Waals surface area contributed by atoms with Crippen LogP contribution in [0.3, 0.4) is 0 Å². The van der Waals surface area contributed by atoms with Crippen LogP contribution in [0.1, 0.15) is 35.3 Å². The van der Waals surface area contributed by atoms with E-state index in [4.69, 9.17) is 0 Å². The van der Waals surface area contributed by atoms with Gasteiger partial charge in [-0.2, -0.15) is 0 Å². The van der Waals surface area contributed by atoms with Crippen molar-refractivity contribution in [1.82, 2.24) is 15.5 Å². The van der Waals surface area contributed by atoms with Gasteiger partial charge >= 0.3 is 0 Å². The summed E-state index contributed by atoms with van der Waals surface area (Å²) in [7, 11) is 1.82. The van der Waals surface area contributed by atoms with E-state index in [1.54, 1.807) is 11.3 Å². The first-order chi connectivity index (χ1) is 12.8. The van der Waals surface area contributed by atoms with Crippen LogP contribution in [0.5, 0.6) is 0 Å². The number of benzene rings is 1. The van der Waals surface area contributed by atoms with Crippen LogP contribution in [-0.4, -0.2) is 37.5 Å². The molecule has 140 valence electrons. The van der Waals surface area contributed by atoms with Crippen molar-refractivity contribution in [3.63, 3.8) is 0 Å². The van der Waals surface area contributed by atoms with Crippen molar-refractivity contribution in [3.05, 3.63) is 57.8 Å². The maximum Gasteiger partial charge on any atom is 0.191 e. The zero-order valence-corrected chi connectivity index (χ0v) is 16.5. The molecular weight excluding hydrogens is 340 g/mol. The summed E-state index contributed by atoms with van der Waals surface area (Å²) in [6, 6.07) is 13.3. The first-order valence-corrected chi connectivity index (χ1v) is 10.5. The Morgan fingerprint density at radius 1 is 1.04 bits per heavy atom. The van der Waals surface area contributed by atoms with Crippen molar-refractivity contribution in [1.29, 1.82) is 0 Å². The Balaban J connectivity index is 1.39. The van der Waals surface area contributed by atoms with Crippen molar-refractivity contribution < 1.29 is 0 Å². The Hall–Kier alpha value is -1.85. The molecule has 1 aliphatic rings. The third-order valence-electron chi connectivity index (χ3n) is 4.81. The number of rotatable bonds is 7. The molecule has 2 N–H and O–H groups in total. The first kappa shape index (κ1) is 18.9. The minimum Gasteiger partial charge on any atom is -0.356 e. The summed E-state index contributed by atoms with van der Waals surface area (Å²) >= 11 is 1.80. The van der Waals surface area contributed by atoms with E-state index in [2.05, 4.69) is 62.3 Å². The summed E-state index contributed by atoms with van der Waals surface area (Å²) in [6.07, 6.45) is 5.12. The first-order valence-electron chi connectivity index (χ1n) is 9.60. The van der Waals surface area contributed by atoms with Crippen molar-refractivity contribution in [2.24, 2.45) is 4.99 Å². The summed E-state index contributed by atoms with van der Waals surface area (Å²) in [5.41, 5.74) is 2.70. The Kier molecular flexibility index (Phi) is 7.52. The molecule has 0 atom stereocenters. The van der Waals surface area contributed by atoms with E-state index >= 15 is 0 Å². The van der Waals surface area contributed by atoms with Gasteiger partial charge in [-0.15, -0.1) is 11.3 Å². The fourth-order valence-electron chi connectivity index (χ4n) is 3.30. The smallest absolute Gasteiger partial charge is 0.191 e. The number of aliphatic imine (C=N–C) groups is 1. The molecule has 1 saturated heterocycles. The molecule has 26 heavy (non-hydrogen) atoms. The van der Waals surface area contributed by atoms with E-state index in [0.29, 0.717) is 0 Å². The summed E-state index contributed by atoms with van der Waals surface area (Å²) in [5.74, 6) is 0.860. The fraction of sp³-hybridized carbons (Fsp3) is 0.476. The normalized spacial score (nSPS) is 15.8. The van der Waals surface area contributed by atoms with E-state index in [-0.39, 0.29) is 0 Å². The molecule has 3 rings (SSSR count). The molecule has 0 unspecified atom stereocenters. The van der Waals surface area contributed by atoms with E-state index in [1.165, 1.54) is 48.4 Å². The molecule has 0 amide bonds. The Labute approximate surface area is 161 Å². The molecule has 2 aromatic rings. The van der Waals surface area contributed by atoms with Gasteiger partial charge in [-0.1, -0.05) is 36.8 Å². The van der Waals surface area contributed by atoms with E-state index < -0.39 is 0 Å². The van der Waals surface area contributed by atoms with Crippen molar-refractivity contribution in [2.45, 2.75) is 38.8 Å². The van der Waals surface area contributed by atoms with Crippen LogP contribution in [0.4, 0.5) is 0 Å². The number of hydrogen-bond acceptors (Lipinski definition) is 3. The lowest BCUT2D eigenvalue weighted by Crippen LogP contribution is -2.37. The Bertz CT molecular complexity index is 658. The van der Waals surface area contributed by atoms with Crippen LogP contribution in [0.15, 0.2) is 46.8 Å². The van der Waals surface area contributed by atoms with Crippen LogP contribution >= 0.6 is 11.3 Å². The average Bonchev–Trinajstić information content (AvgIpc) is 3.20. The number of thiophene rings is 1. The van der Waals surface area contributed by atoms with E-state index in [0.717, 1.165) is 32.0 Å². The summed E-state index contributed by atoms with van der Waals surface area (Å²) in [4.78, 5) is 8.27. The molecule has 1 aromatic carbocycles. The lowest BCUT2D eigenvalue weighted by atomic mass is 10.1. The molecule has 1 aliphatic heterocycles. The molecule has 5 heteroatoms. The lowest BCUT2D eigenvalue weighted by molar-refractivity contribution is 0.221. The second kappa shape index (κ2) is 10.3. The molecule has 0 bridgehead atoms. The van der Waals surface area contributed by atoms with Gasteiger partial charge in [0.15, 0.2) is 5.96 Å². The maximum atomic E-state index is 4.31. The number of likely N-dealkylation sites (tertiary alicyclic amines) is 1. The van der Waals surface area contributed by atoms with Gasteiger partial charge in [0.05, 0.1) is 0 Å². The lowest BCUT2D eigenvalue weighted by Gasteiger charge is -2.26. The van der Waals surface area contributed by atoms with Gasteiger partial charge in [-0.25, -0.2) is 0 Å². The highest BCUT2D eigenvalue weighted by Crippen LogP contribution is 2.13. The Morgan fingerprint density at radius 2 is 1.81 bits per heavy atom. The largest absolute Gasteiger partial charge is 0.356 e. The quantitative estimate of drug-likeness (QED) is 0.577. The zero-order chi connectivity index (χ0) is 18.0. The van der Waals surface area contributed by atoms with Gasteiger partial charge in [0.25, 0.3) is 0 Å². The highest BCUT2D eigenvalue weighted by Gasteiger charge is 2.10. The topological polar surface area (TPSA) is 39.7 Å². The monoisotopic (exact) mass is 370 g/mol.